The van der Waals surface area contributed by atoms with Crippen LogP contribution >= 0.6 is 0 Å². The average Bonchev–Trinajstić information content (AvgIpc) is 2.87. The fourth-order valence-corrected chi connectivity index (χ4v) is 7.57. The normalized spacial score (nSPS) is 47.9. The molecular formula is C24H36N2O2. The van der Waals surface area contributed by atoms with E-state index in [2.05, 4.69) is 33.8 Å². The van der Waals surface area contributed by atoms with Gasteiger partial charge >= 0.3 is 0 Å². The predicted molar refractivity (Wildman–Crippen MR) is 113 cm³/mol. The van der Waals surface area contributed by atoms with E-state index < -0.39 is 0 Å². The standard InChI is InChI=1S/C24H36N2O2/c1-15(25-26(5)6)23(3)12-10-19-18-8-7-16-13-17(27)9-11-22(16,2)21(18)20(28)14-24(19,23)4/h9,11,13,18-21,28H,7-8,10,12,14H2,1-6H3/b25-15+/t18?,19?,20?,21?,22?,23-,24?/m1/s1. The molecule has 0 aromatic rings. The summed E-state index contributed by atoms with van der Waals surface area (Å²) in [5.41, 5.74) is 2.32. The highest BCUT2D eigenvalue weighted by molar-refractivity contribution is 6.01. The molecule has 1 N–H and O–H groups in total. The topological polar surface area (TPSA) is 52.9 Å². The summed E-state index contributed by atoms with van der Waals surface area (Å²) >= 11 is 0. The van der Waals surface area contributed by atoms with Crippen molar-refractivity contribution in [2.24, 2.45) is 39.1 Å². The van der Waals surface area contributed by atoms with Crippen LogP contribution in [0.1, 0.15) is 59.8 Å². The zero-order valence-electron chi connectivity index (χ0n) is 18.3. The van der Waals surface area contributed by atoms with Crippen molar-refractivity contribution in [3.63, 3.8) is 0 Å². The number of hydrazone groups is 1. The van der Waals surface area contributed by atoms with Gasteiger partial charge in [0.05, 0.1) is 6.10 Å². The maximum absolute atomic E-state index is 11.9. The van der Waals surface area contributed by atoms with Crippen molar-refractivity contribution < 1.29 is 9.90 Å². The molecule has 0 spiro atoms. The number of rotatable bonds is 2. The third-order valence-electron chi connectivity index (χ3n) is 9.25. The fraction of sp³-hybridized carbons (Fsp3) is 0.750. The SMILES string of the molecule is C/C(=N\N(C)C)[C@@]1(C)CCC2C3CCC4=CC(=O)C=CC4(C)C3C(O)CC21C. The lowest BCUT2D eigenvalue weighted by molar-refractivity contribution is -0.123. The molecule has 0 radical (unpaired) electrons. The van der Waals surface area contributed by atoms with Gasteiger partial charge < -0.3 is 10.1 Å². The van der Waals surface area contributed by atoms with Gasteiger partial charge in [0.1, 0.15) is 0 Å². The Morgan fingerprint density at radius 3 is 2.64 bits per heavy atom. The molecule has 4 nitrogen and oxygen atoms in total. The highest BCUT2D eigenvalue weighted by atomic mass is 16.3. The molecule has 0 amide bonds. The van der Waals surface area contributed by atoms with Crippen LogP contribution in [0.2, 0.25) is 0 Å². The van der Waals surface area contributed by atoms with Gasteiger partial charge in [-0.2, -0.15) is 5.10 Å². The molecule has 0 bridgehead atoms. The molecule has 0 aromatic heterocycles. The molecule has 4 heteroatoms. The molecule has 4 rings (SSSR count). The van der Waals surface area contributed by atoms with Crippen molar-refractivity contribution in [1.82, 2.24) is 5.01 Å². The summed E-state index contributed by atoms with van der Waals surface area (Å²) in [5.74, 6) is 1.42. The first-order chi connectivity index (χ1) is 13.0. The van der Waals surface area contributed by atoms with E-state index in [0.29, 0.717) is 11.8 Å². The van der Waals surface area contributed by atoms with Crippen LogP contribution in [0, 0.1) is 34.0 Å². The van der Waals surface area contributed by atoms with E-state index in [-0.39, 0.29) is 34.1 Å². The molecule has 3 fully saturated rings. The van der Waals surface area contributed by atoms with E-state index in [4.69, 9.17) is 5.10 Å². The average molecular weight is 385 g/mol. The second-order valence-corrected chi connectivity index (χ2v) is 10.6. The Balaban J connectivity index is 1.73. The van der Waals surface area contributed by atoms with E-state index in [9.17, 15) is 9.90 Å². The minimum absolute atomic E-state index is 0.0171. The first-order valence-corrected chi connectivity index (χ1v) is 10.9. The second-order valence-electron chi connectivity index (χ2n) is 10.6. The van der Waals surface area contributed by atoms with Gasteiger partial charge in [0.15, 0.2) is 5.78 Å². The molecule has 4 aliphatic carbocycles. The van der Waals surface area contributed by atoms with Crippen molar-refractivity contribution >= 4 is 11.5 Å². The van der Waals surface area contributed by atoms with Crippen LogP contribution in [0.15, 0.2) is 28.9 Å². The summed E-state index contributed by atoms with van der Waals surface area (Å²) < 4.78 is 0. The Hall–Kier alpha value is -1.42. The van der Waals surface area contributed by atoms with Crippen molar-refractivity contribution in [3.05, 3.63) is 23.8 Å². The molecule has 28 heavy (non-hydrogen) atoms. The Bertz CT molecular complexity index is 781. The summed E-state index contributed by atoms with van der Waals surface area (Å²) in [6.07, 6.45) is 10.5. The third kappa shape index (κ3) is 2.52. The van der Waals surface area contributed by atoms with Gasteiger partial charge in [-0.15, -0.1) is 0 Å². The smallest absolute Gasteiger partial charge is 0.178 e. The number of nitrogens with zero attached hydrogens (tertiary/aromatic N) is 2. The van der Waals surface area contributed by atoms with E-state index in [0.717, 1.165) is 25.7 Å². The molecule has 0 aromatic carbocycles. The van der Waals surface area contributed by atoms with Gasteiger partial charge in [-0.3, -0.25) is 4.79 Å². The Kier molecular flexibility index (Phi) is 4.46. The number of fused-ring (bicyclic) bond motifs is 5. The molecule has 0 saturated heterocycles. The molecule has 3 saturated carbocycles. The molecule has 4 aliphatic rings. The summed E-state index contributed by atoms with van der Waals surface area (Å²) in [7, 11) is 3.97. The molecule has 0 aliphatic heterocycles. The number of allylic oxidation sites excluding steroid dienone is 4. The van der Waals surface area contributed by atoms with Gasteiger partial charge in [-0.25, -0.2) is 0 Å². The number of hydrogen-bond donors (Lipinski definition) is 1. The zero-order valence-corrected chi connectivity index (χ0v) is 18.3. The summed E-state index contributed by atoms with van der Waals surface area (Å²) in [4.78, 5) is 11.9. The monoisotopic (exact) mass is 384 g/mol. The van der Waals surface area contributed by atoms with Gasteiger partial charge in [0, 0.05) is 36.6 Å². The molecule has 7 atom stereocenters. The lowest BCUT2D eigenvalue weighted by Crippen LogP contribution is -2.58. The zero-order chi connectivity index (χ0) is 20.5. The summed E-state index contributed by atoms with van der Waals surface area (Å²) in [5, 5.41) is 18.2. The van der Waals surface area contributed by atoms with Crippen LogP contribution in [0.25, 0.3) is 0 Å². The summed E-state index contributed by atoms with van der Waals surface area (Å²) in [6, 6.07) is 0. The lowest BCUT2D eigenvalue weighted by Gasteiger charge is -2.60. The molecule has 6 unspecified atom stereocenters. The molecule has 0 heterocycles. The van der Waals surface area contributed by atoms with Gasteiger partial charge in [-0.05, 0) is 68.4 Å². The first-order valence-electron chi connectivity index (χ1n) is 10.9. The number of carbonyl (C=O) groups is 1. The van der Waals surface area contributed by atoms with E-state index in [1.807, 2.05) is 25.2 Å². The van der Waals surface area contributed by atoms with Crippen molar-refractivity contribution in [1.29, 1.82) is 0 Å². The van der Waals surface area contributed by atoms with Crippen LogP contribution in [-0.4, -0.2) is 41.8 Å². The number of aliphatic hydroxyl groups excluding tert-OH is 1. The Labute approximate surface area is 169 Å². The maximum atomic E-state index is 11.9. The van der Waals surface area contributed by atoms with Crippen LogP contribution in [0.4, 0.5) is 0 Å². The number of carbonyl (C=O) groups excluding carboxylic acids is 1. The number of aliphatic hydroxyl groups is 1. The minimum Gasteiger partial charge on any atom is -0.393 e. The third-order valence-corrected chi connectivity index (χ3v) is 9.25. The van der Waals surface area contributed by atoms with Crippen molar-refractivity contribution in [2.75, 3.05) is 14.1 Å². The fourth-order valence-electron chi connectivity index (χ4n) is 7.57. The minimum atomic E-state index is -0.345. The Morgan fingerprint density at radius 1 is 1.25 bits per heavy atom. The van der Waals surface area contributed by atoms with Gasteiger partial charge in [-0.1, -0.05) is 32.4 Å². The van der Waals surface area contributed by atoms with E-state index in [1.165, 1.54) is 17.7 Å². The highest BCUT2D eigenvalue weighted by Gasteiger charge is 2.65. The lowest BCUT2D eigenvalue weighted by atomic mass is 9.45. The maximum Gasteiger partial charge on any atom is 0.178 e. The van der Waals surface area contributed by atoms with Crippen LogP contribution in [0.3, 0.4) is 0 Å². The van der Waals surface area contributed by atoms with E-state index >= 15 is 0 Å². The van der Waals surface area contributed by atoms with Gasteiger partial charge in [0.25, 0.3) is 0 Å². The quantitative estimate of drug-likeness (QED) is 0.573. The van der Waals surface area contributed by atoms with Crippen LogP contribution in [-0.2, 0) is 4.79 Å². The number of hydrogen-bond acceptors (Lipinski definition) is 4. The number of ketones is 1. The molecular weight excluding hydrogens is 348 g/mol. The molecule has 154 valence electrons. The Morgan fingerprint density at radius 2 is 1.96 bits per heavy atom. The van der Waals surface area contributed by atoms with E-state index in [1.54, 1.807) is 6.08 Å². The first kappa shape index (κ1) is 19.9. The van der Waals surface area contributed by atoms with Crippen molar-refractivity contribution in [2.45, 2.75) is 65.9 Å². The van der Waals surface area contributed by atoms with Crippen molar-refractivity contribution in [3.8, 4) is 0 Å². The second kappa shape index (κ2) is 6.29. The summed E-state index contributed by atoms with van der Waals surface area (Å²) in [6.45, 7) is 9.20. The highest BCUT2D eigenvalue weighted by Crippen LogP contribution is 2.69. The largest absolute Gasteiger partial charge is 0.393 e. The van der Waals surface area contributed by atoms with Crippen LogP contribution < -0.4 is 0 Å². The predicted octanol–water partition coefficient (Wildman–Crippen LogP) is 4.21. The van der Waals surface area contributed by atoms with Gasteiger partial charge in [0.2, 0.25) is 0 Å². The van der Waals surface area contributed by atoms with Crippen LogP contribution in [0.5, 0.6) is 0 Å².